The van der Waals surface area contributed by atoms with E-state index in [1.807, 2.05) is 0 Å². The normalized spacial score (nSPS) is 15.2. The zero-order valence-corrected chi connectivity index (χ0v) is 8.21. The van der Waals surface area contributed by atoms with Gasteiger partial charge in [-0.05, 0) is 18.9 Å². The number of halogens is 1. The summed E-state index contributed by atoms with van der Waals surface area (Å²) in [7, 11) is 0. The fourth-order valence-corrected chi connectivity index (χ4v) is 1.31. The molecule has 1 aliphatic rings. The number of rotatable bonds is 2. The van der Waals surface area contributed by atoms with Crippen LogP contribution in [0.2, 0.25) is 5.02 Å². The lowest BCUT2D eigenvalue weighted by molar-refractivity contribution is 0.0951. The molecule has 14 heavy (non-hydrogen) atoms. The molecule has 4 nitrogen and oxygen atoms in total. The fourth-order valence-electron chi connectivity index (χ4n) is 1.12. The second-order valence-corrected chi connectivity index (χ2v) is 3.74. The van der Waals surface area contributed by atoms with Crippen LogP contribution >= 0.6 is 11.6 Å². The van der Waals surface area contributed by atoms with Gasteiger partial charge in [0.1, 0.15) is 5.82 Å². The molecule has 0 unspecified atom stereocenters. The van der Waals surface area contributed by atoms with Gasteiger partial charge in [-0.25, -0.2) is 4.98 Å². The van der Waals surface area contributed by atoms with Gasteiger partial charge in [0.05, 0.1) is 10.6 Å². The second kappa shape index (κ2) is 3.46. The van der Waals surface area contributed by atoms with E-state index >= 15 is 0 Å². The van der Waals surface area contributed by atoms with Crippen LogP contribution in [0.1, 0.15) is 23.2 Å². The molecule has 5 heteroatoms. The maximum Gasteiger partial charge on any atom is 0.253 e. The third kappa shape index (κ3) is 1.96. The summed E-state index contributed by atoms with van der Waals surface area (Å²) in [5.41, 5.74) is 5.86. The molecule has 0 spiro atoms. The Morgan fingerprint density at radius 2 is 2.36 bits per heavy atom. The lowest BCUT2D eigenvalue weighted by Crippen LogP contribution is -2.25. The average molecular weight is 212 g/mol. The first kappa shape index (κ1) is 9.27. The maximum absolute atomic E-state index is 11.6. The molecule has 1 saturated carbocycles. The lowest BCUT2D eigenvalue weighted by Gasteiger charge is -2.05. The summed E-state index contributed by atoms with van der Waals surface area (Å²) in [6.07, 6.45) is 3.48. The molecule has 0 aliphatic heterocycles. The summed E-state index contributed by atoms with van der Waals surface area (Å²) < 4.78 is 0. The summed E-state index contributed by atoms with van der Waals surface area (Å²) in [6, 6.07) is 1.80. The summed E-state index contributed by atoms with van der Waals surface area (Å²) in [6.45, 7) is 0. The highest BCUT2D eigenvalue weighted by atomic mass is 35.5. The Hall–Kier alpha value is -1.29. The molecule has 0 saturated heterocycles. The van der Waals surface area contributed by atoms with Crippen LogP contribution in [0.3, 0.4) is 0 Å². The van der Waals surface area contributed by atoms with E-state index in [4.69, 9.17) is 17.3 Å². The molecule has 0 atom stereocenters. The number of nitrogens with one attached hydrogen (secondary N) is 1. The maximum atomic E-state index is 11.6. The summed E-state index contributed by atoms with van der Waals surface area (Å²) in [5, 5.41) is 3.16. The third-order valence-corrected chi connectivity index (χ3v) is 2.33. The van der Waals surface area contributed by atoms with Crippen molar-refractivity contribution in [1.29, 1.82) is 0 Å². The van der Waals surface area contributed by atoms with E-state index in [2.05, 4.69) is 10.3 Å². The Kier molecular flexibility index (Phi) is 2.29. The minimum Gasteiger partial charge on any atom is -0.384 e. The van der Waals surface area contributed by atoms with Gasteiger partial charge < -0.3 is 11.1 Å². The molecule has 1 heterocycles. The van der Waals surface area contributed by atoms with Gasteiger partial charge in [0.2, 0.25) is 0 Å². The molecular weight excluding hydrogens is 202 g/mol. The second-order valence-electron chi connectivity index (χ2n) is 3.34. The number of nitrogens with zero attached hydrogens (tertiary/aromatic N) is 1. The summed E-state index contributed by atoms with van der Waals surface area (Å²) >= 11 is 5.82. The number of pyridine rings is 1. The number of hydrogen-bond acceptors (Lipinski definition) is 3. The number of aromatic nitrogens is 1. The number of carbonyl (C=O) groups excluding carboxylic acids is 1. The molecule has 0 aromatic carbocycles. The Bertz CT molecular complexity index is 376. The Balaban J connectivity index is 2.20. The molecule has 1 amide bonds. The molecule has 2 rings (SSSR count). The van der Waals surface area contributed by atoms with E-state index in [0.717, 1.165) is 12.8 Å². The number of hydrogen-bond donors (Lipinski definition) is 2. The topological polar surface area (TPSA) is 68.0 Å². The Morgan fingerprint density at radius 1 is 1.64 bits per heavy atom. The van der Waals surface area contributed by atoms with Crippen LogP contribution in [0.25, 0.3) is 0 Å². The van der Waals surface area contributed by atoms with Crippen molar-refractivity contribution in [3.63, 3.8) is 0 Å². The number of nitrogen functional groups attached to an aromatic ring is 1. The molecule has 0 radical (unpaired) electrons. The summed E-state index contributed by atoms with van der Waals surface area (Å²) in [5.74, 6) is 0.127. The number of amides is 1. The predicted molar refractivity (Wildman–Crippen MR) is 54.1 cm³/mol. The molecule has 74 valence electrons. The molecule has 1 aromatic heterocycles. The van der Waals surface area contributed by atoms with E-state index in [1.165, 1.54) is 12.3 Å². The quantitative estimate of drug-likeness (QED) is 0.773. The van der Waals surface area contributed by atoms with Crippen molar-refractivity contribution < 1.29 is 4.79 Å². The van der Waals surface area contributed by atoms with Gasteiger partial charge in [-0.2, -0.15) is 0 Å². The SMILES string of the molecule is Nc1cc(C(=O)NC2CC2)c(Cl)cn1. The first-order valence-corrected chi connectivity index (χ1v) is 4.76. The van der Waals surface area contributed by atoms with Gasteiger partial charge in [-0.3, -0.25) is 4.79 Å². The van der Waals surface area contributed by atoms with Crippen molar-refractivity contribution in [3.8, 4) is 0 Å². The van der Waals surface area contributed by atoms with Crippen LogP contribution in [0.15, 0.2) is 12.3 Å². The van der Waals surface area contributed by atoms with Crippen LogP contribution in [-0.4, -0.2) is 16.9 Å². The van der Waals surface area contributed by atoms with E-state index < -0.39 is 0 Å². The van der Waals surface area contributed by atoms with E-state index in [9.17, 15) is 4.79 Å². The molecule has 1 aliphatic carbocycles. The Labute approximate surface area is 86.5 Å². The third-order valence-electron chi connectivity index (χ3n) is 2.03. The van der Waals surface area contributed by atoms with Crippen LogP contribution < -0.4 is 11.1 Å². The highest BCUT2D eigenvalue weighted by Crippen LogP contribution is 2.21. The smallest absolute Gasteiger partial charge is 0.253 e. The minimum absolute atomic E-state index is 0.174. The Morgan fingerprint density at radius 3 is 3.00 bits per heavy atom. The molecule has 1 fully saturated rings. The van der Waals surface area contributed by atoms with Gasteiger partial charge >= 0.3 is 0 Å². The summed E-state index contributed by atoms with van der Waals surface area (Å²) in [4.78, 5) is 15.4. The monoisotopic (exact) mass is 211 g/mol. The molecular formula is C9H10ClN3O. The van der Waals surface area contributed by atoms with Crippen LogP contribution in [0.5, 0.6) is 0 Å². The van der Waals surface area contributed by atoms with E-state index in [1.54, 1.807) is 0 Å². The van der Waals surface area contributed by atoms with Gasteiger partial charge in [0.15, 0.2) is 0 Å². The zero-order valence-electron chi connectivity index (χ0n) is 7.46. The molecule has 3 N–H and O–H groups in total. The van der Waals surface area contributed by atoms with Gasteiger partial charge in [-0.15, -0.1) is 0 Å². The zero-order chi connectivity index (χ0) is 10.1. The highest BCUT2D eigenvalue weighted by Gasteiger charge is 2.24. The van der Waals surface area contributed by atoms with Gasteiger partial charge in [0.25, 0.3) is 5.91 Å². The number of anilines is 1. The van der Waals surface area contributed by atoms with Crippen LogP contribution in [0.4, 0.5) is 5.82 Å². The van der Waals surface area contributed by atoms with Crippen molar-refractivity contribution in [2.45, 2.75) is 18.9 Å². The van der Waals surface area contributed by atoms with Crippen molar-refractivity contribution in [1.82, 2.24) is 10.3 Å². The first-order valence-electron chi connectivity index (χ1n) is 4.38. The average Bonchev–Trinajstić information content (AvgIpc) is 2.93. The van der Waals surface area contributed by atoms with Crippen molar-refractivity contribution in [2.24, 2.45) is 0 Å². The number of carbonyl (C=O) groups is 1. The first-order chi connectivity index (χ1) is 6.66. The lowest BCUT2D eigenvalue weighted by atomic mass is 10.2. The minimum atomic E-state index is -0.174. The fraction of sp³-hybridized carbons (Fsp3) is 0.333. The largest absolute Gasteiger partial charge is 0.384 e. The standard InChI is InChI=1S/C9H10ClN3O/c10-7-4-12-8(11)3-6(7)9(14)13-5-1-2-5/h3-5H,1-2H2,(H2,11,12)(H,13,14). The van der Waals surface area contributed by atoms with E-state index in [0.29, 0.717) is 22.4 Å². The van der Waals surface area contributed by atoms with Crippen LogP contribution in [0, 0.1) is 0 Å². The van der Waals surface area contributed by atoms with Gasteiger partial charge in [-0.1, -0.05) is 11.6 Å². The van der Waals surface area contributed by atoms with Crippen LogP contribution in [-0.2, 0) is 0 Å². The predicted octanol–water partition coefficient (Wildman–Crippen LogP) is 1.21. The van der Waals surface area contributed by atoms with Gasteiger partial charge in [0, 0.05) is 12.2 Å². The van der Waals surface area contributed by atoms with E-state index in [-0.39, 0.29) is 5.91 Å². The molecule has 0 bridgehead atoms. The molecule has 1 aromatic rings. The van der Waals surface area contributed by atoms with Crippen molar-refractivity contribution in [2.75, 3.05) is 5.73 Å². The van der Waals surface area contributed by atoms with Crippen molar-refractivity contribution >= 4 is 23.3 Å². The highest BCUT2D eigenvalue weighted by molar-refractivity contribution is 6.33. The van der Waals surface area contributed by atoms with Crippen molar-refractivity contribution in [3.05, 3.63) is 22.8 Å². The number of nitrogens with two attached hydrogens (primary N) is 1.